The molecule has 1 unspecified atom stereocenters. The second kappa shape index (κ2) is 6.45. The molecule has 0 radical (unpaired) electrons. The molecule has 1 amide bonds. The highest BCUT2D eigenvalue weighted by atomic mass is 79.9. The minimum atomic E-state index is -2.99. The fraction of sp³-hybridized carbons (Fsp3) is 0.333. The summed E-state index contributed by atoms with van der Waals surface area (Å²) in [4.78, 5) is 12.2. The van der Waals surface area contributed by atoms with Crippen LogP contribution in [0.4, 0.5) is 0 Å². The van der Waals surface area contributed by atoms with E-state index in [2.05, 4.69) is 26.3 Å². The number of benzene rings is 1. The van der Waals surface area contributed by atoms with Gasteiger partial charge in [0, 0.05) is 17.8 Å². The number of nitrogens with zero attached hydrogens (tertiary/aromatic N) is 2. The number of hydrogen-bond acceptors (Lipinski definition) is 4. The molecule has 1 saturated heterocycles. The molecule has 1 atom stereocenters. The number of rotatable bonds is 4. The van der Waals surface area contributed by atoms with Crippen LogP contribution in [0.25, 0.3) is 0 Å². The van der Waals surface area contributed by atoms with Crippen molar-refractivity contribution in [1.29, 1.82) is 0 Å². The molecule has 8 heteroatoms. The first-order valence-corrected chi connectivity index (χ1v) is 9.81. The summed E-state index contributed by atoms with van der Waals surface area (Å²) >= 11 is 3.35. The zero-order chi connectivity index (χ0) is 16.4. The number of aromatic nitrogens is 2. The van der Waals surface area contributed by atoms with E-state index >= 15 is 0 Å². The standard InChI is InChI=1S/C15H16BrN3O3S/c16-13-7-17-19(9-13)8-11-1-3-12(4-2-11)15(20)18-14-5-6-23(21,22)10-14/h1-4,7,9,14H,5-6,8,10H2,(H,18,20). The van der Waals surface area contributed by atoms with Crippen molar-refractivity contribution in [3.05, 3.63) is 52.3 Å². The third-order valence-corrected chi connectivity index (χ3v) is 5.91. The number of hydrogen-bond donors (Lipinski definition) is 1. The smallest absolute Gasteiger partial charge is 0.251 e. The number of carbonyl (C=O) groups is 1. The molecule has 0 aliphatic carbocycles. The van der Waals surface area contributed by atoms with Gasteiger partial charge < -0.3 is 5.32 Å². The van der Waals surface area contributed by atoms with E-state index in [1.54, 1.807) is 23.0 Å². The van der Waals surface area contributed by atoms with Crippen molar-refractivity contribution in [2.45, 2.75) is 19.0 Å². The molecule has 1 aliphatic rings. The lowest BCUT2D eigenvalue weighted by molar-refractivity contribution is 0.0941. The first kappa shape index (κ1) is 16.2. The van der Waals surface area contributed by atoms with Crippen molar-refractivity contribution >= 4 is 31.7 Å². The van der Waals surface area contributed by atoms with Crippen LogP contribution in [-0.2, 0) is 16.4 Å². The zero-order valence-corrected chi connectivity index (χ0v) is 14.7. The van der Waals surface area contributed by atoms with Crippen LogP contribution in [-0.4, -0.2) is 41.7 Å². The fourth-order valence-corrected chi connectivity index (χ4v) is 4.55. The van der Waals surface area contributed by atoms with Crippen LogP contribution in [0.1, 0.15) is 22.3 Å². The van der Waals surface area contributed by atoms with E-state index in [1.807, 2.05) is 18.3 Å². The molecule has 1 aliphatic heterocycles. The van der Waals surface area contributed by atoms with Crippen molar-refractivity contribution in [2.24, 2.45) is 0 Å². The quantitative estimate of drug-likeness (QED) is 0.849. The SMILES string of the molecule is O=C(NC1CCS(=O)(=O)C1)c1ccc(Cn2cc(Br)cn2)cc1. The topological polar surface area (TPSA) is 81.1 Å². The maximum absolute atomic E-state index is 12.2. The van der Waals surface area contributed by atoms with Crippen LogP contribution >= 0.6 is 15.9 Å². The van der Waals surface area contributed by atoms with Crippen molar-refractivity contribution in [1.82, 2.24) is 15.1 Å². The van der Waals surface area contributed by atoms with Gasteiger partial charge in [-0.25, -0.2) is 8.42 Å². The molecular formula is C15H16BrN3O3S. The molecule has 1 aromatic heterocycles. The van der Waals surface area contributed by atoms with Crippen LogP contribution in [0.5, 0.6) is 0 Å². The Kier molecular flexibility index (Phi) is 4.54. The Morgan fingerprint density at radius 3 is 2.65 bits per heavy atom. The molecule has 2 aromatic rings. The summed E-state index contributed by atoms with van der Waals surface area (Å²) in [5.74, 6) is -0.0538. The number of nitrogens with one attached hydrogen (secondary N) is 1. The van der Waals surface area contributed by atoms with Crippen molar-refractivity contribution in [3.8, 4) is 0 Å². The minimum Gasteiger partial charge on any atom is -0.348 e. The summed E-state index contributed by atoms with van der Waals surface area (Å²) in [6.07, 6.45) is 4.08. The predicted molar refractivity (Wildman–Crippen MR) is 90.0 cm³/mol. The van der Waals surface area contributed by atoms with Gasteiger partial charge in [0.05, 0.1) is 28.7 Å². The van der Waals surface area contributed by atoms with Crippen molar-refractivity contribution in [2.75, 3.05) is 11.5 Å². The summed E-state index contributed by atoms with van der Waals surface area (Å²) < 4.78 is 25.5. The van der Waals surface area contributed by atoms with Gasteiger partial charge in [-0.05, 0) is 40.0 Å². The molecule has 3 rings (SSSR count). The van der Waals surface area contributed by atoms with Gasteiger partial charge >= 0.3 is 0 Å². The van der Waals surface area contributed by atoms with Gasteiger partial charge in [-0.2, -0.15) is 5.10 Å². The second-order valence-corrected chi connectivity index (χ2v) is 8.77. The van der Waals surface area contributed by atoms with Gasteiger partial charge in [-0.3, -0.25) is 9.48 Å². The lowest BCUT2D eigenvalue weighted by Crippen LogP contribution is -2.35. The van der Waals surface area contributed by atoms with E-state index in [0.717, 1.165) is 10.0 Å². The van der Waals surface area contributed by atoms with Gasteiger partial charge in [0.25, 0.3) is 5.91 Å². The maximum atomic E-state index is 12.2. The highest BCUT2D eigenvalue weighted by Crippen LogP contribution is 2.13. The first-order chi connectivity index (χ1) is 10.9. The number of carbonyl (C=O) groups excluding carboxylic acids is 1. The van der Waals surface area contributed by atoms with Crippen LogP contribution in [0.3, 0.4) is 0 Å². The Labute approximate surface area is 142 Å². The summed E-state index contributed by atoms with van der Waals surface area (Å²) in [6, 6.07) is 6.94. The number of halogens is 1. The largest absolute Gasteiger partial charge is 0.348 e. The Hall–Kier alpha value is -1.67. The van der Waals surface area contributed by atoms with Gasteiger partial charge in [0.2, 0.25) is 0 Å². The monoisotopic (exact) mass is 397 g/mol. The molecule has 23 heavy (non-hydrogen) atoms. The summed E-state index contributed by atoms with van der Waals surface area (Å²) in [5, 5.41) is 6.97. The maximum Gasteiger partial charge on any atom is 0.251 e. The van der Waals surface area contributed by atoms with E-state index in [4.69, 9.17) is 0 Å². The summed E-state index contributed by atoms with van der Waals surface area (Å²) in [7, 11) is -2.99. The predicted octanol–water partition coefficient (Wildman–Crippen LogP) is 1.61. The van der Waals surface area contributed by atoms with Crippen LogP contribution in [0.15, 0.2) is 41.1 Å². The Bertz CT molecular complexity index is 815. The average Bonchev–Trinajstić information content (AvgIpc) is 3.05. The van der Waals surface area contributed by atoms with Crippen molar-refractivity contribution in [3.63, 3.8) is 0 Å². The zero-order valence-electron chi connectivity index (χ0n) is 12.3. The fourth-order valence-electron chi connectivity index (χ4n) is 2.55. The highest BCUT2D eigenvalue weighted by Gasteiger charge is 2.29. The van der Waals surface area contributed by atoms with Crippen LogP contribution < -0.4 is 5.32 Å². The van der Waals surface area contributed by atoms with Gasteiger partial charge in [-0.1, -0.05) is 12.1 Å². The highest BCUT2D eigenvalue weighted by molar-refractivity contribution is 9.10. The second-order valence-electron chi connectivity index (χ2n) is 5.63. The van der Waals surface area contributed by atoms with Gasteiger partial charge in [0.1, 0.15) is 0 Å². The van der Waals surface area contributed by atoms with Gasteiger partial charge in [0.15, 0.2) is 9.84 Å². The first-order valence-electron chi connectivity index (χ1n) is 7.19. The Balaban J connectivity index is 1.61. The molecule has 6 nitrogen and oxygen atoms in total. The lowest BCUT2D eigenvalue weighted by atomic mass is 10.1. The third kappa shape index (κ3) is 4.20. The Morgan fingerprint density at radius 1 is 1.35 bits per heavy atom. The Morgan fingerprint density at radius 2 is 2.09 bits per heavy atom. The minimum absolute atomic E-state index is 0.0327. The number of amides is 1. The summed E-state index contributed by atoms with van der Waals surface area (Å²) in [5.41, 5.74) is 1.56. The van der Waals surface area contributed by atoms with Crippen LogP contribution in [0.2, 0.25) is 0 Å². The molecule has 1 N–H and O–H groups in total. The molecule has 122 valence electrons. The molecule has 0 bridgehead atoms. The van der Waals surface area contributed by atoms with E-state index in [9.17, 15) is 13.2 Å². The molecule has 1 fully saturated rings. The summed E-state index contributed by atoms with van der Waals surface area (Å²) in [6.45, 7) is 0.619. The molecule has 0 saturated carbocycles. The van der Waals surface area contributed by atoms with Crippen LogP contribution in [0, 0.1) is 0 Å². The average molecular weight is 398 g/mol. The molecule has 2 heterocycles. The van der Waals surface area contributed by atoms with E-state index in [-0.39, 0.29) is 23.5 Å². The molecule has 1 aromatic carbocycles. The molecule has 0 spiro atoms. The normalized spacial score (nSPS) is 19.6. The van der Waals surface area contributed by atoms with E-state index in [0.29, 0.717) is 18.5 Å². The lowest BCUT2D eigenvalue weighted by Gasteiger charge is -2.11. The van der Waals surface area contributed by atoms with Crippen molar-refractivity contribution < 1.29 is 13.2 Å². The van der Waals surface area contributed by atoms with E-state index in [1.165, 1.54) is 0 Å². The number of sulfone groups is 1. The van der Waals surface area contributed by atoms with E-state index < -0.39 is 9.84 Å². The third-order valence-electron chi connectivity index (χ3n) is 3.73. The van der Waals surface area contributed by atoms with Gasteiger partial charge in [-0.15, -0.1) is 0 Å². The molecular weight excluding hydrogens is 382 g/mol.